The highest BCUT2D eigenvalue weighted by atomic mass is 35.5. The second-order valence-electron chi connectivity index (χ2n) is 4.87. The summed E-state index contributed by atoms with van der Waals surface area (Å²) in [6, 6.07) is 4.12. The molecule has 2 aromatic rings. The van der Waals surface area contributed by atoms with Crippen LogP contribution >= 0.6 is 11.6 Å². The van der Waals surface area contributed by atoms with Crippen molar-refractivity contribution in [2.24, 2.45) is 0 Å². The van der Waals surface area contributed by atoms with Crippen LogP contribution in [0.3, 0.4) is 0 Å². The third-order valence-electron chi connectivity index (χ3n) is 3.55. The van der Waals surface area contributed by atoms with Gasteiger partial charge in [-0.05, 0) is 25.0 Å². The first-order valence-corrected chi connectivity index (χ1v) is 7.35. The molecule has 108 valence electrons. The zero-order valence-electron chi connectivity index (χ0n) is 11.8. The maximum absolute atomic E-state index is 10.3. The Hall–Kier alpha value is -1.39. The van der Waals surface area contributed by atoms with Crippen molar-refractivity contribution in [2.75, 3.05) is 0 Å². The summed E-state index contributed by atoms with van der Waals surface area (Å²) in [6.07, 6.45) is 7.06. The van der Waals surface area contributed by atoms with Crippen LogP contribution in [0.15, 0.2) is 30.7 Å². The fraction of sp³-hybridized carbons (Fsp3) is 0.467. The van der Waals surface area contributed by atoms with Crippen LogP contribution in [-0.4, -0.2) is 19.9 Å². The van der Waals surface area contributed by atoms with Crippen molar-refractivity contribution in [1.82, 2.24) is 14.8 Å². The molecule has 0 aliphatic heterocycles. The van der Waals surface area contributed by atoms with Gasteiger partial charge >= 0.3 is 0 Å². The molecular weight excluding hydrogens is 274 g/mol. The van der Waals surface area contributed by atoms with Crippen LogP contribution in [0.5, 0.6) is 0 Å². The monoisotopic (exact) mass is 293 g/mol. The van der Waals surface area contributed by atoms with E-state index in [-0.39, 0.29) is 0 Å². The molecule has 0 aliphatic rings. The Balaban J connectivity index is 2.09. The second kappa shape index (κ2) is 6.86. The van der Waals surface area contributed by atoms with Gasteiger partial charge in [0.25, 0.3) is 0 Å². The van der Waals surface area contributed by atoms with Gasteiger partial charge in [-0.25, -0.2) is 0 Å². The van der Waals surface area contributed by atoms with Crippen LogP contribution in [0, 0.1) is 0 Å². The molecule has 1 N–H and O–H groups in total. The molecule has 0 saturated heterocycles. The fourth-order valence-electron chi connectivity index (χ4n) is 2.32. The van der Waals surface area contributed by atoms with Gasteiger partial charge < -0.3 is 5.11 Å². The number of aromatic nitrogens is 3. The highest BCUT2D eigenvalue weighted by Crippen LogP contribution is 2.24. The van der Waals surface area contributed by atoms with Crippen molar-refractivity contribution in [3.8, 4) is 0 Å². The molecule has 2 aromatic heterocycles. The minimum absolute atomic E-state index is 0.422. The number of halogens is 1. The third kappa shape index (κ3) is 3.38. The van der Waals surface area contributed by atoms with Gasteiger partial charge in [0.1, 0.15) is 0 Å². The van der Waals surface area contributed by atoms with Gasteiger partial charge in [-0.15, -0.1) is 0 Å². The molecule has 2 heterocycles. The van der Waals surface area contributed by atoms with Gasteiger partial charge in [0, 0.05) is 30.6 Å². The summed E-state index contributed by atoms with van der Waals surface area (Å²) in [6.45, 7) is 4.31. The Morgan fingerprint density at radius 2 is 2.05 bits per heavy atom. The number of pyridine rings is 1. The van der Waals surface area contributed by atoms with Crippen LogP contribution in [0.1, 0.15) is 50.1 Å². The lowest BCUT2D eigenvalue weighted by atomic mass is 10.1. The van der Waals surface area contributed by atoms with E-state index in [1.165, 1.54) is 0 Å². The zero-order valence-corrected chi connectivity index (χ0v) is 12.6. The normalized spacial score (nSPS) is 12.8. The van der Waals surface area contributed by atoms with Gasteiger partial charge in [-0.3, -0.25) is 9.67 Å². The molecule has 2 rings (SSSR count). The van der Waals surface area contributed by atoms with Crippen molar-refractivity contribution in [3.63, 3.8) is 0 Å². The molecule has 0 aromatic carbocycles. The summed E-state index contributed by atoms with van der Waals surface area (Å²) in [4.78, 5) is 3.92. The van der Waals surface area contributed by atoms with Gasteiger partial charge in [0.2, 0.25) is 0 Å². The number of rotatable bonds is 6. The largest absolute Gasteiger partial charge is 0.388 e. The van der Waals surface area contributed by atoms with Crippen molar-refractivity contribution in [1.29, 1.82) is 0 Å². The third-order valence-corrected chi connectivity index (χ3v) is 3.86. The number of aliphatic hydroxyl groups is 1. The van der Waals surface area contributed by atoms with Crippen LogP contribution < -0.4 is 0 Å². The van der Waals surface area contributed by atoms with Crippen LogP contribution in [0.2, 0.25) is 5.02 Å². The first kappa shape index (κ1) is 15.0. The van der Waals surface area contributed by atoms with E-state index in [1.54, 1.807) is 18.5 Å². The second-order valence-corrected chi connectivity index (χ2v) is 5.28. The van der Waals surface area contributed by atoms with Crippen LogP contribution in [0.4, 0.5) is 0 Å². The van der Waals surface area contributed by atoms with E-state index in [0.717, 1.165) is 18.5 Å². The van der Waals surface area contributed by atoms with E-state index < -0.39 is 6.10 Å². The molecule has 0 bridgehead atoms. The average Bonchev–Trinajstić information content (AvgIpc) is 2.89. The Bertz CT molecular complexity index is 552. The quantitative estimate of drug-likeness (QED) is 0.886. The molecular formula is C15H20ClN3O. The minimum Gasteiger partial charge on any atom is -0.388 e. The Kier molecular flexibility index (Phi) is 5.15. The molecule has 0 radical (unpaired) electrons. The summed E-state index contributed by atoms with van der Waals surface area (Å²) >= 11 is 6.04. The Labute approximate surface area is 124 Å². The lowest BCUT2D eigenvalue weighted by Crippen LogP contribution is -2.09. The zero-order chi connectivity index (χ0) is 14.5. The molecule has 0 fully saturated rings. The van der Waals surface area contributed by atoms with E-state index >= 15 is 0 Å². The maximum Gasteiger partial charge on any atom is 0.0861 e. The van der Waals surface area contributed by atoms with Gasteiger partial charge in [0.05, 0.1) is 22.9 Å². The van der Waals surface area contributed by atoms with E-state index in [4.69, 9.17) is 11.6 Å². The lowest BCUT2D eigenvalue weighted by Gasteiger charge is -2.13. The molecule has 20 heavy (non-hydrogen) atoms. The van der Waals surface area contributed by atoms with E-state index in [2.05, 4.69) is 23.9 Å². The SMILES string of the molecule is CCC(CC)n1ccc(CC(O)c2ccncc2Cl)n1. The summed E-state index contributed by atoms with van der Waals surface area (Å²) in [5.41, 5.74) is 1.57. The molecule has 0 amide bonds. The van der Waals surface area contributed by atoms with Crippen LogP contribution in [0.25, 0.3) is 0 Å². The number of aliphatic hydroxyl groups excluding tert-OH is 1. The predicted molar refractivity (Wildman–Crippen MR) is 79.8 cm³/mol. The predicted octanol–water partition coefficient (Wildman–Crippen LogP) is 3.57. The van der Waals surface area contributed by atoms with Crippen molar-refractivity contribution in [2.45, 2.75) is 45.3 Å². The molecule has 0 saturated carbocycles. The van der Waals surface area contributed by atoms with E-state index in [9.17, 15) is 5.11 Å². The summed E-state index contributed by atoms with van der Waals surface area (Å²) in [7, 11) is 0. The average molecular weight is 294 g/mol. The number of hydrogen-bond donors (Lipinski definition) is 1. The number of hydrogen-bond acceptors (Lipinski definition) is 3. The first-order chi connectivity index (χ1) is 9.65. The van der Waals surface area contributed by atoms with Crippen molar-refractivity contribution < 1.29 is 5.11 Å². The molecule has 0 aliphatic carbocycles. The van der Waals surface area contributed by atoms with Crippen molar-refractivity contribution >= 4 is 11.6 Å². The summed E-state index contributed by atoms with van der Waals surface area (Å²) < 4.78 is 1.98. The number of nitrogens with zero attached hydrogens (tertiary/aromatic N) is 3. The minimum atomic E-state index is -0.657. The first-order valence-electron chi connectivity index (χ1n) is 6.97. The van der Waals surface area contributed by atoms with Gasteiger partial charge in [-0.2, -0.15) is 5.10 Å². The molecule has 1 atom stereocenters. The standard InChI is InChI=1S/C15H20ClN3O/c1-3-12(4-2)19-8-6-11(18-19)9-15(20)13-5-7-17-10-14(13)16/h5-8,10,12,15,20H,3-4,9H2,1-2H3. The Morgan fingerprint density at radius 3 is 2.70 bits per heavy atom. The van der Waals surface area contributed by atoms with Gasteiger partial charge in [-0.1, -0.05) is 25.4 Å². The molecule has 4 nitrogen and oxygen atoms in total. The maximum atomic E-state index is 10.3. The molecule has 1 unspecified atom stereocenters. The molecule has 5 heteroatoms. The molecule has 0 spiro atoms. The Morgan fingerprint density at radius 1 is 1.30 bits per heavy atom. The summed E-state index contributed by atoms with van der Waals surface area (Å²) in [5, 5.41) is 15.3. The van der Waals surface area contributed by atoms with E-state index in [1.807, 2.05) is 16.9 Å². The topological polar surface area (TPSA) is 50.9 Å². The smallest absolute Gasteiger partial charge is 0.0861 e. The highest BCUT2D eigenvalue weighted by molar-refractivity contribution is 6.31. The van der Waals surface area contributed by atoms with Crippen molar-refractivity contribution in [3.05, 3.63) is 47.0 Å². The summed E-state index contributed by atoms with van der Waals surface area (Å²) in [5.74, 6) is 0. The van der Waals surface area contributed by atoms with E-state index in [0.29, 0.717) is 23.0 Å². The van der Waals surface area contributed by atoms with Crippen LogP contribution in [-0.2, 0) is 6.42 Å². The fourth-order valence-corrected chi connectivity index (χ4v) is 2.56. The lowest BCUT2D eigenvalue weighted by molar-refractivity contribution is 0.176. The van der Waals surface area contributed by atoms with Gasteiger partial charge in [0.15, 0.2) is 0 Å². The highest BCUT2D eigenvalue weighted by Gasteiger charge is 2.15.